The average molecular weight is 353 g/mol. The first kappa shape index (κ1) is 13.6. The minimum atomic E-state index is -0.0984. The molecule has 1 fully saturated rings. The van der Waals surface area contributed by atoms with Gasteiger partial charge in [0.15, 0.2) is 0 Å². The predicted molar refractivity (Wildman–Crippen MR) is 83.8 cm³/mol. The number of carbonyl (C=O) groups is 1. The second-order valence-corrected chi connectivity index (χ2v) is 6.47. The number of carbonyl (C=O) groups excluding carboxylic acids is 1. The van der Waals surface area contributed by atoms with Crippen LogP contribution in [0.25, 0.3) is 0 Å². The fourth-order valence-corrected chi connectivity index (χ4v) is 3.54. The molecule has 1 aliphatic heterocycles. The number of nitrogens with zero attached hydrogens (tertiary/aromatic N) is 1. The number of furan rings is 1. The first-order valence-electron chi connectivity index (χ1n) is 6.22. The van der Waals surface area contributed by atoms with Crippen LogP contribution in [0.3, 0.4) is 0 Å². The quantitative estimate of drug-likeness (QED) is 0.875. The van der Waals surface area contributed by atoms with Gasteiger partial charge in [-0.3, -0.25) is 0 Å². The number of nitrogens with one attached hydrogen (secondary N) is 1. The Morgan fingerprint density at radius 3 is 2.85 bits per heavy atom. The fourth-order valence-electron chi connectivity index (χ4n) is 2.07. The third kappa shape index (κ3) is 2.86. The van der Waals surface area contributed by atoms with Gasteiger partial charge in [0.25, 0.3) is 0 Å². The summed E-state index contributed by atoms with van der Waals surface area (Å²) >= 11 is 5.09. The molecule has 0 aliphatic carbocycles. The van der Waals surface area contributed by atoms with E-state index in [1.807, 2.05) is 36.4 Å². The molecule has 6 heteroatoms. The second-order valence-electron chi connectivity index (χ2n) is 4.37. The van der Waals surface area contributed by atoms with Crippen LogP contribution in [0.2, 0.25) is 0 Å². The maximum Gasteiger partial charge on any atom is 0.323 e. The lowest BCUT2D eigenvalue weighted by Crippen LogP contribution is -2.34. The van der Waals surface area contributed by atoms with Gasteiger partial charge in [-0.25, -0.2) is 4.79 Å². The van der Waals surface area contributed by atoms with Crippen LogP contribution in [-0.2, 0) is 0 Å². The number of benzene rings is 1. The molecule has 2 aromatic rings. The lowest BCUT2D eigenvalue weighted by Gasteiger charge is -2.22. The molecule has 0 unspecified atom stereocenters. The summed E-state index contributed by atoms with van der Waals surface area (Å²) in [5, 5.41) is 2.87. The normalized spacial score (nSPS) is 18.2. The molecule has 2 heterocycles. The van der Waals surface area contributed by atoms with Crippen LogP contribution in [0, 0.1) is 0 Å². The molecule has 0 bridgehead atoms. The van der Waals surface area contributed by atoms with Crippen molar-refractivity contribution in [1.29, 1.82) is 0 Å². The number of hydrogen-bond acceptors (Lipinski definition) is 3. The topological polar surface area (TPSA) is 45.5 Å². The number of thioether (sulfide) groups is 1. The highest BCUT2D eigenvalue weighted by atomic mass is 79.9. The van der Waals surface area contributed by atoms with Gasteiger partial charge in [-0.2, -0.15) is 0 Å². The van der Waals surface area contributed by atoms with Crippen molar-refractivity contribution in [2.24, 2.45) is 0 Å². The Morgan fingerprint density at radius 2 is 2.15 bits per heavy atom. The summed E-state index contributed by atoms with van der Waals surface area (Å²) in [5.74, 6) is 1.73. The van der Waals surface area contributed by atoms with E-state index in [1.54, 1.807) is 22.9 Å². The first-order chi connectivity index (χ1) is 9.74. The molecule has 0 spiro atoms. The van der Waals surface area contributed by atoms with Crippen LogP contribution in [0.1, 0.15) is 11.1 Å². The predicted octanol–water partition coefficient (Wildman–Crippen LogP) is 4.32. The molecule has 0 saturated carbocycles. The van der Waals surface area contributed by atoms with Gasteiger partial charge in [-0.1, -0.05) is 15.9 Å². The summed E-state index contributed by atoms with van der Waals surface area (Å²) < 4.78 is 6.40. The molecule has 2 amide bonds. The third-order valence-electron chi connectivity index (χ3n) is 3.03. The Hall–Kier alpha value is -1.40. The van der Waals surface area contributed by atoms with Crippen molar-refractivity contribution in [1.82, 2.24) is 4.90 Å². The van der Waals surface area contributed by atoms with E-state index in [1.165, 1.54) is 0 Å². The van der Waals surface area contributed by atoms with Gasteiger partial charge in [0.1, 0.15) is 11.1 Å². The molecule has 20 heavy (non-hydrogen) atoms. The minimum absolute atomic E-state index is 0.0413. The van der Waals surface area contributed by atoms with Gasteiger partial charge in [0.2, 0.25) is 0 Å². The van der Waals surface area contributed by atoms with Crippen LogP contribution in [0.4, 0.5) is 10.5 Å². The van der Waals surface area contributed by atoms with Crippen molar-refractivity contribution in [2.75, 3.05) is 17.6 Å². The van der Waals surface area contributed by atoms with Crippen LogP contribution in [-0.4, -0.2) is 23.2 Å². The van der Waals surface area contributed by atoms with Gasteiger partial charge in [0.05, 0.1) is 6.26 Å². The molecule has 1 aromatic heterocycles. The first-order valence-corrected chi connectivity index (χ1v) is 8.06. The molecule has 4 nitrogen and oxygen atoms in total. The SMILES string of the molecule is O=C(Nc1ccc(Br)cc1)N1CCS[C@@H]1c1ccco1. The van der Waals surface area contributed by atoms with Gasteiger partial charge < -0.3 is 14.6 Å². The molecule has 3 rings (SSSR count). The van der Waals surface area contributed by atoms with E-state index < -0.39 is 0 Å². The summed E-state index contributed by atoms with van der Waals surface area (Å²) in [6, 6.07) is 11.2. The lowest BCUT2D eigenvalue weighted by atomic mass is 10.3. The van der Waals surface area contributed by atoms with E-state index in [9.17, 15) is 4.79 Å². The smallest absolute Gasteiger partial charge is 0.323 e. The molecule has 1 aromatic carbocycles. The average Bonchev–Trinajstić information content (AvgIpc) is 3.11. The summed E-state index contributed by atoms with van der Waals surface area (Å²) in [6.07, 6.45) is 1.64. The maximum absolute atomic E-state index is 12.4. The Morgan fingerprint density at radius 1 is 1.35 bits per heavy atom. The summed E-state index contributed by atoms with van der Waals surface area (Å²) in [4.78, 5) is 14.2. The van der Waals surface area contributed by atoms with Crippen LogP contribution in [0.5, 0.6) is 0 Å². The van der Waals surface area contributed by atoms with Crippen LogP contribution in [0.15, 0.2) is 51.6 Å². The summed E-state index contributed by atoms with van der Waals surface area (Å²) in [6.45, 7) is 0.721. The van der Waals surface area contributed by atoms with Gasteiger partial charge in [-0.15, -0.1) is 11.8 Å². The number of amides is 2. The Kier molecular flexibility index (Phi) is 4.03. The third-order valence-corrected chi connectivity index (χ3v) is 4.78. The summed E-state index contributed by atoms with van der Waals surface area (Å²) in [7, 11) is 0. The highest BCUT2D eigenvalue weighted by Gasteiger charge is 2.32. The highest BCUT2D eigenvalue weighted by Crippen LogP contribution is 2.38. The number of hydrogen-bond donors (Lipinski definition) is 1. The van der Waals surface area contributed by atoms with Crippen molar-refractivity contribution in [3.8, 4) is 0 Å². The van der Waals surface area contributed by atoms with E-state index in [2.05, 4.69) is 21.2 Å². The lowest BCUT2D eigenvalue weighted by molar-refractivity contribution is 0.210. The van der Waals surface area contributed by atoms with E-state index in [0.29, 0.717) is 0 Å². The molecule has 104 valence electrons. The van der Waals surface area contributed by atoms with Crippen molar-refractivity contribution in [2.45, 2.75) is 5.37 Å². The zero-order valence-corrected chi connectivity index (χ0v) is 13.0. The Labute approximate surface area is 129 Å². The monoisotopic (exact) mass is 352 g/mol. The van der Waals surface area contributed by atoms with E-state index >= 15 is 0 Å². The Balaban J connectivity index is 1.71. The van der Waals surface area contributed by atoms with Gasteiger partial charge in [0, 0.05) is 22.5 Å². The van der Waals surface area contributed by atoms with Crippen molar-refractivity contribution in [3.63, 3.8) is 0 Å². The number of urea groups is 1. The standard InChI is InChI=1S/C14H13BrN2O2S/c15-10-3-5-11(6-4-10)16-14(18)17-7-9-20-13(17)12-2-1-8-19-12/h1-6,8,13H,7,9H2,(H,16,18)/t13-/m1/s1. The molecule has 1 atom stereocenters. The molecule has 1 saturated heterocycles. The zero-order chi connectivity index (χ0) is 13.9. The summed E-state index contributed by atoms with van der Waals surface area (Å²) in [5.41, 5.74) is 0.785. The van der Waals surface area contributed by atoms with Gasteiger partial charge >= 0.3 is 6.03 Å². The molecular formula is C14H13BrN2O2S. The number of halogens is 1. The largest absolute Gasteiger partial charge is 0.466 e. The number of anilines is 1. The molecular weight excluding hydrogens is 340 g/mol. The van der Waals surface area contributed by atoms with E-state index in [-0.39, 0.29) is 11.4 Å². The fraction of sp³-hybridized carbons (Fsp3) is 0.214. The molecule has 0 radical (unpaired) electrons. The van der Waals surface area contributed by atoms with Crippen molar-refractivity contribution >= 4 is 39.4 Å². The molecule has 1 N–H and O–H groups in total. The van der Waals surface area contributed by atoms with E-state index in [4.69, 9.17) is 4.42 Å². The Bertz CT molecular complexity index is 586. The second kappa shape index (κ2) is 5.93. The number of rotatable bonds is 2. The van der Waals surface area contributed by atoms with Gasteiger partial charge in [-0.05, 0) is 36.4 Å². The highest BCUT2D eigenvalue weighted by molar-refractivity contribution is 9.10. The van der Waals surface area contributed by atoms with E-state index in [0.717, 1.165) is 28.2 Å². The van der Waals surface area contributed by atoms with Crippen molar-refractivity contribution < 1.29 is 9.21 Å². The minimum Gasteiger partial charge on any atom is -0.466 e. The maximum atomic E-state index is 12.4. The molecule has 1 aliphatic rings. The van der Waals surface area contributed by atoms with Crippen molar-refractivity contribution in [3.05, 3.63) is 52.9 Å². The van der Waals surface area contributed by atoms with Crippen LogP contribution < -0.4 is 5.32 Å². The van der Waals surface area contributed by atoms with Crippen LogP contribution >= 0.6 is 27.7 Å². The zero-order valence-electron chi connectivity index (χ0n) is 10.6.